The molecule has 0 radical (unpaired) electrons. The van der Waals surface area contributed by atoms with Crippen LogP contribution in [0.3, 0.4) is 0 Å². The number of benzene rings is 2. The largest absolute Gasteiger partial charge is 0.435 e. The summed E-state index contributed by atoms with van der Waals surface area (Å²) < 4.78 is 29.4. The lowest BCUT2D eigenvalue weighted by Crippen LogP contribution is -2.11. The van der Waals surface area contributed by atoms with Crippen LogP contribution in [0.1, 0.15) is 20.9 Å². The first-order valence-corrected chi connectivity index (χ1v) is 7.77. The van der Waals surface area contributed by atoms with E-state index in [0.29, 0.717) is 16.1 Å². The van der Waals surface area contributed by atoms with E-state index in [2.05, 4.69) is 9.72 Å². The Balaban J connectivity index is 1.83. The number of fused-ring (bicyclic) bond motifs is 1. The fraction of sp³-hybridized carbons (Fsp3) is 0.0588. The Bertz CT molecular complexity index is 905. The summed E-state index contributed by atoms with van der Waals surface area (Å²) in [7, 11) is 0. The molecule has 1 amide bonds. The van der Waals surface area contributed by atoms with Crippen molar-refractivity contribution in [3.8, 4) is 5.75 Å². The molecule has 0 aliphatic rings. The van der Waals surface area contributed by atoms with Gasteiger partial charge >= 0.3 is 6.61 Å². The molecule has 0 unspecified atom stereocenters. The molecule has 0 saturated heterocycles. The van der Waals surface area contributed by atoms with E-state index < -0.39 is 12.5 Å². The molecule has 0 spiro atoms. The Morgan fingerprint density at radius 1 is 1.17 bits per heavy atom. The van der Waals surface area contributed by atoms with Crippen molar-refractivity contribution in [3.63, 3.8) is 0 Å². The van der Waals surface area contributed by atoms with Gasteiger partial charge < -0.3 is 10.5 Å². The van der Waals surface area contributed by atoms with E-state index in [4.69, 9.17) is 5.73 Å². The predicted octanol–water partition coefficient (Wildman–Crippen LogP) is 4.17. The fourth-order valence-corrected chi connectivity index (χ4v) is 3.06. The van der Waals surface area contributed by atoms with Gasteiger partial charge in [0.1, 0.15) is 10.8 Å². The van der Waals surface area contributed by atoms with E-state index in [-0.39, 0.29) is 5.75 Å². The molecule has 7 heteroatoms. The van der Waals surface area contributed by atoms with Crippen molar-refractivity contribution in [1.29, 1.82) is 0 Å². The van der Waals surface area contributed by atoms with Crippen molar-refractivity contribution in [2.45, 2.75) is 6.61 Å². The number of hydrogen-bond donors (Lipinski definition) is 1. The number of nitrogens with two attached hydrogens (primary N) is 1. The lowest BCUT2D eigenvalue weighted by molar-refractivity contribution is -0.0498. The molecular weight excluding hydrogens is 334 g/mol. The maximum Gasteiger partial charge on any atom is 0.387 e. The normalized spacial score (nSPS) is 11.5. The van der Waals surface area contributed by atoms with Gasteiger partial charge in [0.25, 0.3) is 5.91 Å². The number of thiazole rings is 1. The van der Waals surface area contributed by atoms with Crippen LogP contribution in [0.2, 0.25) is 0 Å². The number of para-hydroxylation sites is 1. The Kier molecular flexibility index (Phi) is 4.52. The third-order valence-electron chi connectivity index (χ3n) is 3.22. The van der Waals surface area contributed by atoms with Gasteiger partial charge in [-0.25, -0.2) is 4.98 Å². The number of primary amides is 1. The molecule has 1 heterocycles. The average Bonchev–Trinajstić information content (AvgIpc) is 2.96. The molecule has 122 valence electrons. The SMILES string of the molecule is NC(=O)c1cccc2sc(/C=C/c3ccc(OC(F)F)cc3)nc12. The van der Waals surface area contributed by atoms with E-state index >= 15 is 0 Å². The number of alkyl halides is 2. The molecule has 2 N–H and O–H groups in total. The van der Waals surface area contributed by atoms with Crippen LogP contribution in [0, 0.1) is 0 Å². The maximum absolute atomic E-state index is 12.1. The van der Waals surface area contributed by atoms with Gasteiger partial charge in [-0.05, 0) is 35.9 Å². The van der Waals surface area contributed by atoms with Gasteiger partial charge in [0.05, 0.1) is 15.8 Å². The lowest BCUT2D eigenvalue weighted by Gasteiger charge is -2.03. The Labute approximate surface area is 140 Å². The second-order valence-corrected chi connectivity index (χ2v) is 5.91. The number of carbonyl (C=O) groups is 1. The lowest BCUT2D eigenvalue weighted by atomic mass is 10.2. The second-order valence-electron chi connectivity index (χ2n) is 4.85. The van der Waals surface area contributed by atoms with Crippen molar-refractivity contribution in [2.75, 3.05) is 0 Å². The maximum atomic E-state index is 12.1. The van der Waals surface area contributed by atoms with Crippen LogP contribution in [0.4, 0.5) is 8.78 Å². The molecule has 4 nitrogen and oxygen atoms in total. The predicted molar refractivity (Wildman–Crippen MR) is 90.1 cm³/mol. The van der Waals surface area contributed by atoms with Crippen LogP contribution in [0.5, 0.6) is 5.75 Å². The number of aromatic nitrogens is 1. The van der Waals surface area contributed by atoms with Crippen molar-refractivity contribution in [2.24, 2.45) is 5.73 Å². The zero-order valence-corrected chi connectivity index (χ0v) is 13.1. The molecular formula is C17H12F2N2O2S. The van der Waals surface area contributed by atoms with Gasteiger partial charge in [0.2, 0.25) is 0 Å². The van der Waals surface area contributed by atoms with Gasteiger partial charge in [-0.3, -0.25) is 4.79 Å². The summed E-state index contributed by atoms with van der Waals surface area (Å²) >= 11 is 1.43. The number of amides is 1. The number of carbonyl (C=O) groups excluding carboxylic acids is 1. The van der Waals surface area contributed by atoms with Crippen LogP contribution in [0.25, 0.3) is 22.4 Å². The minimum atomic E-state index is -2.84. The topological polar surface area (TPSA) is 65.2 Å². The van der Waals surface area contributed by atoms with Gasteiger partial charge in [-0.2, -0.15) is 8.78 Å². The molecule has 3 rings (SSSR count). The van der Waals surface area contributed by atoms with E-state index in [9.17, 15) is 13.6 Å². The average molecular weight is 346 g/mol. The van der Waals surface area contributed by atoms with Crippen molar-refractivity contribution >= 4 is 39.6 Å². The number of nitrogens with zero attached hydrogens (tertiary/aromatic N) is 1. The first-order valence-electron chi connectivity index (χ1n) is 6.95. The molecule has 0 bridgehead atoms. The van der Waals surface area contributed by atoms with E-state index in [0.717, 1.165) is 10.3 Å². The zero-order valence-electron chi connectivity index (χ0n) is 12.3. The Morgan fingerprint density at radius 2 is 1.92 bits per heavy atom. The molecule has 0 saturated carbocycles. The zero-order chi connectivity index (χ0) is 17.1. The highest BCUT2D eigenvalue weighted by Crippen LogP contribution is 2.26. The van der Waals surface area contributed by atoms with Crippen molar-refractivity contribution in [1.82, 2.24) is 4.98 Å². The third kappa shape index (κ3) is 3.57. The highest BCUT2D eigenvalue weighted by atomic mass is 32.1. The van der Waals surface area contributed by atoms with Crippen LogP contribution in [0.15, 0.2) is 42.5 Å². The summed E-state index contributed by atoms with van der Waals surface area (Å²) in [6.45, 7) is -2.84. The minimum absolute atomic E-state index is 0.105. The monoisotopic (exact) mass is 346 g/mol. The van der Waals surface area contributed by atoms with E-state index in [1.807, 2.05) is 6.07 Å². The van der Waals surface area contributed by atoms with Gasteiger partial charge in [-0.1, -0.05) is 24.3 Å². The van der Waals surface area contributed by atoms with Crippen LogP contribution >= 0.6 is 11.3 Å². The van der Waals surface area contributed by atoms with Gasteiger partial charge in [0.15, 0.2) is 0 Å². The molecule has 0 atom stereocenters. The van der Waals surface area contributed by atoms with Gasteiger partial charge in [-0.15, -0.1) is 11.3 Å². The molecule has 0 aliphatic carbocycles. The Morgan fingerprint density at radius 3 is 2.58 bits per heavy atom. The molecule has 0 aliphatic heterocycles. The number of ether oxygens (including phenoxy) is 1. The fourth-order valence-electron chi connectivity index (χ4n) is 2.16. The van der Waals surface area contributed by atoms with Crippen molar-refractivity contribution in [3.05, 3.63) is 58.6 Å². The summed E-state index contributed by atoms with van der Waals surface area (Å²) in [5.41, 5.74) is 7.12. The molecule has 3 aromatic rings. The Hall–Kier alpha value is -2.80. The van der Waals surface area contributed by atoms with Crippen LogP contribution in [-0.4, -0.2) is 17.5 Å². The summed E-state index contributed by atoms with van der Waals surface area (Å²) in [4.78, 5) is 15.8. The smallest absolute Gasteiger partial charge is 0.387 e. The summed E-state index contributed by atoms with van der Waals surface area (Å²) in [5, 5.41) is 0.714. The van der Waals surface area contributed by atoms with Crippen LogP contribution < -0.4 is 10.5 Å². The van der Waals surface area contributed by atoms with Crippen LogP contribution in [-0.2, 0) is 0 Å². The first kappa shape index (κ1) is 16.1. The second kappa shape index (κ2) is 6.76. The summed E-state index contributed by atoms with van der Waals surface area (Å²) in [5.74, 6) is -0.413. The van der Waals surface area contributed by atoms with Crippen molar-refractivity contribution < 1.29 is 18.3 Å². The molecule has 0 fully saturated rings. The molecule has 24 heavy (non-hydrogen) atoms. The standard InChI is InChI=1S/C17H12F2N2O2S/c18-17(19)23-11-7-4-10(5-8-11)6-9-14-21-15-12(16(20)22)2-1-3-13(15)24-14/h1-9,17H,(H2,20,22)/b9-6+. The third-order valence-corrected chi connectivity index (χ3v) is 4.21. The highest BCUT2D eigenvalue weighted by Gasteiger charge is 2.10. The number of halogens is 2. The highest BCUT2D eigenvalue weighted by molar-refractivity contribution is 7.19. The quantitative estimate of drug-likeness (QED) is 0.754. The van der Waals surface area contributed by atoms with E-state index in [1.54, 1.807) is 36.4 Å². The minimum Gasteiger partial charge on any atom is -0.435 e. The molecule has 1 aromatic heterocycles. The van der Waals surface area contributed by atoms with Gasteiger partial charge in [0, 0.05) is 0 Å². The number of rotatable bonds is 5. The summed E-state index contributed by atoms with van der Waals surface area (Å²) in [6, 6.07) is 11.5. The molecule has 2 aromatic carbocycles. The number of hydrogen-bond acceptors (Lipinski definition) is 4. The first-order chi connectivity index (χ1) is 11.5. The summed E-state index contributed by atoms with van der Waals surface area (Å²) in [6.07, 6.45) is 3.59. The van der Waals surface area contributed by atoms with E-state index in [1.165, 1.54) is 23.5 Å².